The minimum Gasteiger partial charge on any atom is -0.449 e. The second kappa shape index (κ2) is 12.2. The van der Waals surface area contributed by atoms with Crippen molar-refractivity contribution < 1.29 is 13.9 Å². The molecule has 0 bridgehead atoms. The SMILES string of the molecule is Nc1ncccc1-c1nc2ccc(-c3ccccc3F)nc2n1-c1ccc(C2CCN(COC(=O)C3CCCCC3)C2)cc1. The molecular formula is C35H35FN6O2. The predicted octanol–water partition coefficient (Wildman–Crippen LogP) is 6.74. The molecule has 7 rings (SSSR count). The van der Waals surface area contributed by atoms with Crippen molar-refractivity contribution >= 4 is 23.0 Å². The molecule has 4 heterocycles. The summed E-state index contributed by atoms with van der Waals surface area (Å²) in [5, 5.41) is 0. The van der Waals surface area contributed by atoms with Crippen molar-refractivity contribution in [1.29, 1.82) is 0 Å². The van der Waals surface area contributed by atoms with Crippen LogP contribution in [0.1, 0.15) is 50.0 Å². The van der Waals surface area contributed by atoms with Gasteiger partial charge in [-0.1, -0.05) is 43.5 Å². The molecule has 2 fully saturated rings. The van der Waals surface area contributed by atoms with Gasteiger partial charge in [-0.15, -0.1) is 0 Å². The van der Waals surface area contributed by atoms with Crippen LogP contribution in [0.15, 0.2) is 79.0 Å². The van der Waals surface area contributed by atoms with Gasteiger partial charge in [-0.3, -0.25) is 14.3 Å². The van der Waals surface area contributed by atoms with Crippen LogP contribution < -0.4 is 5.73 Å². The molecule has 0 amide bonds. The first-order valence-corrected chi connectivity index (χ1v) is 15.4. The van der Waals surface area contributed by atoms with E-state index < -0.39 is 0 Å². The Labute approximate surface area is 255 Å². The highest BCUT2D eigenvalue weighted by molar-refractivity contribution is 5.84. The Kier molecular flexibility index (Phi) is 7.78. The fourth-order valence-corrected chi connectivity index (χ4v) is 6.54. The van der Waals surface area contributed by atoms with E-state index in [0.717, 1.165) is 50.9 Å². The van der Waals surface area contributed by atoms with Gasteiger partial charge in [0.25, 0.3) is 0 Å². The molecule has 1 saturated carbocycles. The van der Waals surface area contributed by atoms with E-state index in [4.69, 9.17) is 20.4 Å². The third kappa shape index (κ3) is 5.55. The van der Waals surface area contributed by atoms with Crippen LogP contribution in [0.25, 0.3) is 39.5 Å². The van der Waals surface area contributed by atoms with E-state index in [9.17, 15) is 9.18 Å². The number of likely N-dealkylation sites (tertiary alicyclic amines) is 1. The lowest BCUT2D eigenvalue weighted by molar-refractivity contribution is -0.154. The number of nitrogens with two attached hydrogens (primary N) is 1. The molecule has 1 saturated heterocycles. The van der Waals surface area contributed by atoms with Crippen molar-refractivity contribution in [2.75, 3.05) is 25.6 Å². The Balaban J connectivity index is 1.16. The normalized spacial score (nSPS) is 17.7. The van der Waals surface area contributed by atoms with Gasteiger partial charge < -0.3 is 10.5 Å². The number of aromatic nitrogens is 4. The van der Waals surface area contributed by atoms with Crippen molar-refractivity contribution in [3.05, 3.63) is 90.4 Å². The number of carbonyl (C=O) groups is 1. The van der Waals surface area contributed by atoms with Crippen LogP contribution in [0, 0.1) is 11.7 Å². The molecule has 224 valence electrons. The van der Waals surface area contributed by atoms with Gasteiger partial charge in [0, 0.05) is 30.5 Å². The maximum Gasteiger partial charge on any atom is 0.310 e. The molecule has 2 N–H and O–H groups in total. The summed E-state index contributed by atoms with van der Waals surface area (Å²) in [7, 11) is 0. The van der Waals surface area contributed by atoms with Crippen LogP contribution in [0.5, 0.6) is 0 Å². The van der Waals surface area contributed by atoms with E-state index >= 15 is 0 Å². The van der Waals surface area contributed by atoms with Crippen LogP contribution in [-0.2, 0) is 9.53 Å². The molecule has 1 aliphatic heterocycles. The Hall–Kier alpha value is -4.63. The first kappa shape index (κ1) is 28.2. The highest BCUT2D eigenvalue weighted by Crippen LogP contribution is 2.34. The van der Waals surface area contributed by atoms with E-state index in [0.29, 0.717) is 52.3 Å². The van der Waals surface area contributed by atoms with Gasteiger partial charge in [-0.2, -0.15) is 0 Å². The monoisotopic (exact) mass is 590 g/mol. The number of rotatable bonds is 7. The van der Waals surface area contributed by atoms with Crippen LogP contribution in [0.2, 0.25) is 0 Å². The van der Waals surface area contributed by atoms with Crippen molar-refractivity contribution in [1.82, 2.24) is 24.4 Å². The number of carbonyl (C=O) groups excluding carboxylic acids is 1. The summed E-state index contributed by atoms with van der Waals surface area (Å²) in [5.41, 5.74) is 11.3. The number of anilines is 1. The molecule has 2 aromatic carbocycles. The van der Waals surface area contributed by atoms with Crippen LogP contribution >= 0.6 is 0 Å². The molecule has 0 spiro atoms. The Morgan fingerprint density at radius 3 is 2.50 bits per heavy atom. The number of benzene rings is 2. The van der Waals surface area contributed by atoms with Crippen LogP contribution in [0.4, 0.5) is 10.2 Å². The van der Waals surface area contributed by atoms with Crippen molar-refractivity contribution in [2.24, 2.45) is 5.92 Å². The van der Waals surface area contributed by atoms with E-state index in [1.807, 2.05) is 22.8 Å². The molecular weight excluding hydrogens is 555 g/mol. The van der Waals surface area contributed by atoms with Crippen molar-refractivity contribution in [2.45, 2.75) is 44.4 Å². The zero-order valence-electron chi connectivity index (χ0n) is 24.5. The highest BCUT2D eigenvalue weighted by atomic mass is 19.1. The summed E-state index contributed by atoms with van der Waals surface area (Å²) >= 11 is 0. The van der Waals surface area contributed by atoms with E-state index in [-0.39, 0.29) is 17.7 Å². The van der Waals surface area contributed by atoms with Gasteiger partial charge >= 0.3 is 5.97 Å². The number of nitrogens with zero attached hydrogens (tertiary/aromatic N) is 5. The van der Waals surface area contributed by atoms with E-state index in [2.05, 4.69) is 34.1 Å². The quantitative estimate of drug-likeness (QED) is 0.210. The largest absolute Gasteiger partial charge is 0.449 e. The molecule has 0 radical (unpaired) electrons. The zero-order valence-corrected chi connectivity index (χ0v) is 24.5. The lowest BCUT2D eigenvalue weighted by Gasteiger charge is -2.22. The van der Waals surface area contributed by atoms with E-state index in [1.54, 1.807) is 30.5 Å². The van der Waals surface area contributed by atoms with Crippen molar-refractivity contribution in [3.63, 3.8) is 0 Å². The molecule has 1 unspecified atom stereocenters. The summed E-state index contributed by atoms with van der Waals surface area (Å²) < 4.78 is 22.4. The number of imidazole rings is 1. The Morgan fingerprint density at radius 2 is 1.70 bits per heavy atom. The zero-order chi connectivity index (χ0) is 30.0. The first-order valence-electron chi connectivity index (χ1n) is 15.4. The van der Waals surface area contributed by atoms with Gasteiger partial charge in [-0.25, -0.2) is 19.3 Å². The van der Waals surface area contributed by atoms with Gasteiger partial charge in [0.15, 0.2) is 11.5 Å². The minimum absolute atomic E-state index is 0.0399. The second-order valence-electron chi connectivity index (χ2n) is 11.8. The minimum atomic E-state index is -0.333. The smallest absolute Gasteiger partial charge is 0.310 e. The number of esters is 1. The van der Waals surface area contributed by atoms with Crippen molar-refractivity contribution in [3.8, 4) is 28.3 Å². The molecule has 3 aromatic heterocycles. The number of pyridine rings is 2. The predicted molar refractivity (Wildman–Crippen MR) is 168 cm³/mol. The van der Waals surface area contributed by atoms with E-state index in [1.165, 1.54) is 18.1 Å². The molecule has 8 nitrogen and oxygen atoms in total. The standard InChI is InChI=1S/C35H35FN6O2/c36-29-11-5-4-9-27(29)30-16-17-31-34(39-30)42(33(40-31)28-10-6-19-38-32(28)37)26-14-12-23(13-15-26)25-18-20-41(21-25)22-44-35(43)24-7-2-1-3-8-24/h4-6,9-17,19,24-25H,1-3,7-8,18,20-22H2,(H2,37,38). The average Bonchev–Trinajstić information content (AvgIpc) is 3.69. The molecule has 2 aliphatic rings. The topological polar surface area (TPSA) is 99.2 Å². The fourth-order valence-electron chi connectivity index (χ4n) is 6.54. The number of ether oxygens (including phenoxy) is 1. The fraction of sp³-hybridized carbons (Fsp3) is 0.314. The number of halogens is 1. The molecule has 1 atom stereocenters. The lowest BCUT2D eigenvalue weighted by atomic mass is 9.89. The second-order valence-corrected chi connectivity index (χ2v) is 11.8. The maximum absolute atomic E-state index is 14.7. The van der Waals surface area contributed by atoms with Crippen LogP contribution in [-0.4, -0.2) is 50.2 Å². The summed E-state index contributed by atoms with van der Waals surface area (Å²) in [5.74, 6) is 1.02. The molecule has 1 aliphatic carbocycles. The Morgan fingerprint density at radius 1 is 0.909 bits per heavy atom. The number of nitrogen functional groups attached to an aromatic ring is 1. The third-order valence-corrected chi connectivity index (χ3v) is 8.96. The molecule has 44 heavy (non-hydrogen) atoms. The molecule has 9 heteroatoms. The van der Waals surface area contributed by atoms with Gasteiger partial charge in [0.2, 0.25) is 0 Å². The Bertz CT molecular complexity index is 1800. The number of hydrogen-bond donors (Lipinski definition) is 1. The first-order chi connectivity index (χ1) is 21.5. The summed E-state index contributed by atoms with van der Waals surface area (Å²) in [6, 6.07) is 22.4. The maximum atomic E-state index is 14.7. The summed E-state index contributed by atoms with van der Waals surface area (Å²) in [6.07, 6.45) is 8.02. The van der Waals surface area contributed by atoms with Crippen LogP contribution in [0.3, 0.4) is 0 Å². The van der Waals surface area contributed by atoms with Gasteiger partial charge in [-0.05, 0) is 79.3 Å². The molecule has 5 aromatic rings. The highest BCUT2D eigenvalue weighted by Gasteiger charge is 2.27. The number of fused-ring (bicyclic) bond motifs is 1. The third-order valence-electron chi connectivity index (χ3n) is 8.96. The number of hydrogen-bond acceptors (Lipinski definition) is 7. The van der Waals surface area contributed by atoms with Gasteiger partial charge in [0.1, 0.15) is 23.9 Å². The lowest BCUT2D eigenvalue weighted by Crippen LogP contribution is -2.29. The average molecular weight is 591 g/mol. The summed E-state index contributed by atoms with van der Waals surface area (Å²) in [6.45, 7) is 2.09. The summed E-state index contributed by atoms with van der Waals surface area (Å²) in [4.78, 5) is 28.8. The van der Waals surface area contributed by atoms with Gasteiger partial charge in [0.05, 0.1) is 17.2 Å².